The first-order chi connectivity index (χ1) is 8.61. The molecule has 18 heavy (non-hydrogen) atoms. The molecule has 6 nitrogen and oxygen atoms in total. The molecule has 2 aromatic rings. The van der Waals surface area contributed by atoms with Crippen LogP contribution in [0.2, 0.25) is 0 Å². The molecule has 92 valence electrons. The average Bonchev–Trinajstić information content (AvgIpc) is 2.87. The number of carbonyl (C=O) groups is 2. The third-order valence-corrected chi connectivity index (χ3v) is 2.38. The fourth-order valence-electron chi connectivity index (χ4n) is 1.44. The number of Topliss-reactive ketones (excluding diaryl/α,β-unsaturated/α-hetero) is 1. The Hall–Kier alpha value is -2.50. The van der Waals surface area contributed by atoms with Gasteiger partial charge in [0.15, 0.2) is 5.78 Å². The van der Waals surface area contributed by atoms with E-state index in [0.29, 0.717) is 11.3 Å². The molecule has 0 saturated carbocycles. The van der Waals surface area contributed by atoms with Crippen molar-refractivity contribution in [2.75, 3.05) is 7.11 Å². The van der Waals surface area contributed by atoms with Crippen LogP contribution in [0.5, 0.6) is 0 Å². The van der Waals surface area contributed by atoms with Crippen LogP contribution in [0, 0.1) is 0 Å². The number of rotatable bonds is 3. The van der Waals surface area contributed by atoms with Gasteiger partial charge in [-0.3, -0.25) is 4.79 Å². The predicted octanol–water partition coefficient (Wildman–Crippen LogP) is 1.26. The Morgan fingerprint density at radius 2 is 2.11 bits per heavy atom. The smallest absolute Gasteiger partial charge is 0.377 e. The third kappa shape index (κ3) is 2.27. The number of nitrogens with zero attached hydrogens (tertiary/aromatic N) is 3. The molecule has 1 aromatic carbocycles. The summed E-state index contributed by atoms with van der Waals surface area (Å²) < 4.78 is 5.93. The Bertz CT molecular complexity index is 604. The van der Waals surface area contributed by atoms with Gasteiger partial charge >= 0.3 is 5.97 Å². The number of esters is 1. The van der Waals surface area contributed by atoms with Crippen molar-refractivity contribution in [3.8, 4) is 5.69 Å². The molecule has 1 heterocycles. The molecule has 6 heteroatoms. The fraction of sp³-hybridized carbons (Fsp3) is 0.167. The summed E-state index contributed by atoms with van der Waals surface area (Å²) in [6, 6.07) is 6.90. The molecule has 2 rings (SSSR count). The lowest BCUT2D eigenvalue weighted by atomic mass is 10.1. The van der Waals surface area contributed by atoms with Gasteiger partial charge in [-0.05, 0) is 19.1 Å². The van der Waals surface area contributed by atoms with Crippen LogP contribution in [0.25, 0.3) is 5.69 Å². The zero-order chi connectivity index (χ0) is 13.1. The van der Waals surface area contributed by atoms with Gasteiger partial charge in [-0.25, -0.2) is 14.5 Å². The first-order valence-electron chi connectivity index (χ1n) is 5.23. The maximum absolute atomic E-state index is 11.3. The number of ether oxygens (including phenoxy) is 1. The summed E-state index contributed by atoms with van der Waals surface area (Å²) in [5.41, 5.74) is 1.23. The number of ketones is 1. The van der Waals surface area contributed by atoms with E-state index in [0.717, 1.165) is 0 Å². The molecule has 0 saturated heterocycles. The van der Waals surface area contributed by atoms with E-state index in [2.05, 4.69) is 14.8 Å². The van der Waals surface area contributed by atoms with E-state index in [4.69, 9.17) is 0 Å². The molecule has 1 aromatic heterocycles. The summed E-state index contributed by atoms with van der Waals surface area (Å²) in [5.74, 6) is -0.660. The van der Waals surface area contributed by atoms with Gasteiger partial charge in [0.2, 0.25) is 0 Å². The molecule has 0 spiro atoms. The highest BCUT2D eigenvalue weighted by atomic mass is 16.5. The molecule has 0 atom stereocenters. The molecular formula is C12H11N3O3. The fourth-order valence-corrected chi connectivity index (χ4v) is 1.44. The minimum atomic E-state index is -0.600. The van der Waals surface area contributed by atoms with Crippen LogP contribution < -0.4 is 0 Å². The summed E-state index contributed by atoms with van der Waals surface area (Å²) >= 11 is 0. The van der Waals surface area contributed by atoms with Gasteiger partial charge in [-0.1, -0.05) is 12.1 Å². The van der Waals surface area contributed by atoms with E-state index in [9.17, 15) is 9.59 Å². The highest BCUT2D eigenvalue weighted by Crippen LogP contribution is 2.10. The lowest BCUT2D eigenvalue weighted by molar-refractivity contribution is 0.0586. The average molecular weight is 245 g/mol. The summed E-state index contributed by atoms with van der Waals surface area (Å²) in [4.78, 5) is 26.3. The molecular weight excluding hydrogens is 234 g/mol. The number of hydrogen-bond acceptors (Lipinski definition) is 5. The van der Waals surface area contributed by atoms with E-state index in [1.165, 1.54) is 25.0 Å². The van der Waals surface area contributed by atoms with Crippen LogP contribution >= 0.6 is 0 Å². The second-order valence-electron chi connectivity index (χ2n) is 3.61. The zero-order valence-corrected chi connectivity index (χ0v) is 9.95. The third-order valence-electron chi connectivity index (χ3n) is 2.38. The molecule has 0 radical (unpaired) electrons. The Morgan fingerprint density at radius 1 is 1.33 bits per heavy atom. The topological polar surface area (TPSA) is 74.1 Å². The van der Waals surface area contributed by atoms with Gasteiger partial charge < -0.3 is 4.74 Å². The first-order valence-corrected chi connectivity index (χ1v) is 5.23. The molecule has 0 fully saturated rings. The second kappa shape index (κ2) is 4.79. The van der Waals surface area contributed by atoms with Crippen LogP contribution in [-0.2, 0) is 4.74 Å². The van der Waals surface area contributed by atoms with Crippen LogP contribution in [0.15, 0.2) is 30.6 Å². The maximum atomic E-state index is 11.3. The molecule has 0 amide bonds. The summed E-state index contributed by atoms with van der Waals surface area (Å²) in [7, 11) is 1.26. The Kier molecular flexibility index (Phi) is 3.18. The van der Waals surface area contributed by atoms with Crippen molar-refractivity contribution >= 4 is 11.8 Å². The predicted molar refractivity (Wildman–Crippen MR) is 62.7 cm³/mol. The number of methoxy groups -OCH3 is 1. The molecule has 0 unspecified atom stereocenters. The highest BCUT2D eigenvalue weighted by Gasteiger charge is 2.12. The molecule has 0 aliphatic rings. The van der Waals surface area contributed by atoms with E-state index in [1.54, 1.807) is 24.3 Å². The van der Waals surface area contributed by atoms with Crippen molar-refractivity contribution in [2.24, 2.45) is 0 Å². The van der Waals surface area contributed by atoms with Crippen molar-refractivity contribution in [2.45, 2.75) is 6.92 Å². The molecule has 0 N–H and O–H groups in total. The monoisotopic (exact) mass is 245 g/mol. The Labute approximate surface area is 103 Å². The minimum absolute atomic E-state index is 0.0225. The molecule has 0 aliphatic carbocycles. The lowest BCUT2D eigenvalue weighted by Gasteiger charge is -2.01. The van der Waals surface area contributed by atoms with Crippen molar-refractivity contribution in [1.29, 1.82) is 0 Å². The Morgan fingerprint density at radius 3 is 2.78 bits per heavy atom. The highest BCUT2D eigenvalue weighted by molar-refractivity contribution is 5.94. The van der Waals surface area contributed by atoms with Crippen LogP contribution in [0.3, 0.4) is 0 Å². The van der Waals surface area contributed by atoms with Crippen molar-refractivity contribution in [1.82, 2.24) is 14.8 Å². The quantitative estimate of drug-likeness (QED) is 0.601. The number of carbonyl (C=O) groups excluding carboxylic acids is 2. The van der Waals surface area contributed by atoms with Crippen LogP contribution in [-0.4, -0.2) is 33.6 Å². The SMILES string of the molecule is COC(=O)c1ncn(-c2cccc(C(C)=O)c2)n1. The minimum Gasteiger partial charge on any atom is -0.463 e. The first kappa shape index (κ1) is 12.0. The van der Waals surface area contributed by atoms with Gasteiger partial charge in [0.1, 0.15) is 6.33 Å². The largest absolute Gasteiger partial charge is 0.463 e. The summed E-state index contributed by atoms with van der Waals surface area (Å²) in [6.07, 6.45) is 1.39. The van der Waals surface area contributed by atoms with Gasteiger partial charge in [0.05, 0.1) is 12.8 Å². The molecule has 0 aliphatic heterocycles. The van der Waals surface area contributed by atoms with E-state index in [1.807, 2.05) is 0 Å². The van der Waals surface area contributed by atoms with E-state index >= 15 is 0 Å². The standard InChI is InChI=1S/C12H11N3O3/c1-8(16)9-4-3-5-10(6-9)15-7-13-11(14-15)12(17)18-2/h3-7H,1-2H3. The summed E-state index contributed by atoms with van der Waals surface area (Å²) in [6.45, 7) is 1.49. The maximum Gasteiger partial charge on any atom is 0.377 e. The van der Waals surface area contributed by atoms with Crippen molar-refractivity contribution in [3.05, 3.63) is 42.0 Å². The van der Waals surface area contributed by atoms with Gasteiger partial charge in [0, 0.05) is 5.56 Å². The zero-order valence-electron chi connectivity index (χ0n) is 9.95. The Balaban J connectivity index is 2.37. The van der Waals surface area contributed by atoms with Crippen molar-refractivity contribution in [3.63, 3.8) is 0 Å². The van der Waals surface area contributed by atoms with E-state index in [-0.39, 0.29) is 11.6 Å². The van der Waals surface area contributed by atoms with Gasteiger partial charge in [-0.2, -0.15) is 0 Å². The van der Waals surface area contributed by atoms with Gasteiger partial charge in [0.25, 0.3) is 5.82 Å². The lowest BCUT2D eigenvalue weighted by Crippen LogP contribution is -2.05. The van der Waals surface area contributed by atoms with Crippen LogP contribution in [0.1, 0.15) is 27.9 Å². The number of hydrogen-bond donors (Lipinski definition) is 0. The molecule has 0 bridgehead atoms. The van der Waals surface area contributed by atoms with Crippen molar-refractivity contribution < 1.29 is 14.3 Å². The van der Waals surface area contributed by atoms with E-state index < -0.39 is 5.97 Å². The summed E-state index contributed by atoms with van der Waals surface area (Å²) in [5, 5.41) is 3.97. The number of benzene rings is 1. The normalized spacial score (nSPS) is 10.1. The van der Waals surface area contributed by atoms with Crippen LogP contribution in [0.4, 0.5) is 0 Å². The van der Waals surface area contributed by atoms with Gasteiger partial charge in [-0.15, -0.1) is 5.10 Å². The second-order valence-corrected chi connectivity index (χ2v) is 3.61. The number of aromatic nitrogens is 3.